The number of nitrogen functional groups attached to an aromatic ring is 1. The highest BCUT2D eigenvalue weighted by molar-refractivity contribution is 9.10. The Morgan fingerprint density at radius 3 is 1.39 bits per heavy atom. The van der Waals surface area contributed by atoms with Crippen LogP contribution in [0.1, 0.15) is 82.3 Å². The maximum atomic E-state index is 9.35. The molecular weight excluding hydrogens is 834 g/mol. The molecule has 6 rings (SSSR count). The first kappa shape index (κ1) is 41.8. The minimum Gasteiger partial charge on any atom is -0.496 e. The van der Waals surface area contributed by atoms with Crippen LogP contribution < -0.4 is 15.2 Å². The van der Waals surface area contributed by atoms with Crippen LogP contribution in [0.3, 0.4) is 0 Å². The zero-order valence-electron chi connectivity index (χ0n) is 29.0. The number of benzene rings is 4. The number of methoxy groups -OCH3 is 2. The van der Waals surface area contributed by atoms with Gasteiger partial charge in [0, 0.05) is 29.7 Å². The predicted octanol–water partition coefficient (Wildman–Crippen LogP) is 14.7. The first-order valence-electron chi connectivity index (χ1n) is 16.3. The third-order valence-corrected chi connectivity index (χ3v) is 12.6. The Kier molecular flexibility index (Phi) is 15.9. The molecule has 4 aromatic carbocycles. The molecule has 4 aromatic rings. The fraction of sp³-hybridized carbons (Fsp3) is 0.368. The zero-order chi connectivity index (χ0) is 37.3. The van der Waals surface area contributed by atoms with Gasteiger partial charge in [0.15, 0.2) is 5.34 Å². The van der Waals surface area contributed by atoms with Crippen molar-refractivity contribution in [3.8, 4) is 11.5 Å². The van der Waals surface area contributed by atoms with E-state index in [9.17, 15) is 4.91 Å². The number of rotatable bonds is 9. The Balaban J connectivity index is 0.000000193. The number of anilines is 1. The van der Waals surface area contributed by atoms with E-state index in [1.54, 1.807) is 70.6 Å². The van der Waals surface area contributed by atoms with E-state index in [4.69, 9.17) is 61.6 Å². The summed E-state index contributed by atoms with van der Waals surface area (Å²) >= 11 is 31.8. The van der Waals surface area contributed by atoms with E-state index in [0.717, 1.165) is 35.6 Å². The average molecular weight is 876 g/mol. The molecule has 0 radical (unpaired) electrons. The van der Waals surface area contributed by atoms with Crippen LogP contribution in [0.15, 0.2) is 90.1 Å². The number of nitrogens with two attached hydrogens (primary N) is 1. The van der Waals surface area contributed by atoms with Gasteiger partial charge in [0.05, 0.1) is 34.3 Å². The van der Waals surface area contributed by atoms with Gasteiger partial charge < -0.3 is 20.0 Å². The first-order chi connectivity index (χ1) is 24.2. The van der Waals surface area contributed by atoms with Crippen LogP contribution in [0.25, 0.3) is 0 Å². The number of nitrogens with zero attached hydrogens (tertiary/aromatic N) is 1. The van der Waals surface area contributed by atoms with E-state index in [-0.39, 0.29) is 0 Å². The monoisotopic (exact) mass is 872 g/mol. The first-order valence-corrected chi connectivity index (χ1v) is 20.3. The molecule has 0 atom stereocenters. The van der Waals surface area contributed by atoms with Crippen LogP contribution in [-0.2, 0) is 4.84 Å². The van der Waals surface area contributed by atoms with Crippen LogP contribution in [0, 0.1) is 4.91 Å². The summed E-state index contributed by atoms with van der Waals surface area (Å²) in [5, 5.41) is 4.73. The fourth-order valence-corrected chi connectivity index (χ4v) is 9.20. The van der Waals surface area contributed by atoms with Gasteiger partial charge in [-0.3, -0.25) is 0 Å². The molecule has 0 aromatic heterocycles. The van der Waals surface area contributed by atoms with Crippen molar-refractivity contribution in [3.05, 3.63) is 101 Å². The fourth-order valence-electron chi connectivity index (χ4n) is 5.28. The van der Waals surface area contributed by atoms with E-state index >= 15 is 0 Å². The van der Waals surface area contributed by atoms with Crippen molar-refractivity contribution >= 4 is 91.5 Å². The number of hydrogen-bond acceptors (Lipinski definition) is 8. The van der Waals surface area contributed by atoms with Gasteiger partial charge in [-0.25, -0.2) is 0 Å². The van der Waals surface area contributed by atoms with Gasteiger partial charge in [-0.15, -0.1) is 4.91 Å². The summed E-state index contributed by atoms with van der Waals surface area (Å²) < 4.78 is 11.9. The highest BCUT2D eigenvalue weighted by Gasteiger charge is 2.25. The van der Waals surface area contributed by atoms with E-state index in [1.807, 2.05) is 30.3 Å². The minimum atomic E-state index is -0.429. The summed E-state index contributed by atoms with van der Waals surface area (Å²) in [6.07, 6.45) is 7.53. The third kappa shape index (κ3) is 12.0. The summed E-state index contributed by atoms with van der Waals surface area (Å²) in [6.45, 7) is 5.28. The zero-order valence-corrected chi connectivity index (χ0v) is 35.3. The number of hydrogen-bond donors (Lipinski definition) is 1. The topological polar surface area (TPSA) is 83.1 Å². The van der Waals surface area contributed by atoms with Gasteiger partial charge in [0.25, 0.3) is 0 Å². The summed E-state index contributed by atoms with van der Waals surface area (Å²) in [5.41, 5.74) is 8.47. The molecule has 2 fully saturated rings. The van der Waals surface area contributed by atoms with Crippen LogP contribution in [0.2, 0.25) is 20.1 Å². The van der Waals surface area contributed by atoms with Gasteiger partial charge in [-0.2, -0.15) is 0 Å². The molecule has 0 heterocycles. The standard InChI is InChI=1S/C17H15BrCl2OS.C17H17Cl2NOS.C4H9NO2/c1-21-16-6-5-12(9-13(16)10-3-2-4-10)22-17-14(19)7-11(18)8-15(17)20;1-21-16-6-5-12(9-13(16)10-3-2-4-10)22-17-14(18)7-11(20)8-15(17)19;1-4(2,3)7-5-6/h5-10H,2-4H2,1H3;5-10H,2-4,20H2,1H3;1-3H3. The van der Waals surface area contributed by atoms with E-state index in [0.29, 0.717) is 37.6 Å². The van der Waals surface area contributed by atoms with Crippen molar-refractivity contribution in [3.63, 3.8) is 0 Å². The molecule has 2 saturated carbocycles. The van der Waals surface area contributed by atoms with Gasteiger partial charge in [-0.05, 0) is 130 Å². The molecule has 13 heteroatoms. The lowest BCUT2D eigenvalue weighted by Gasteiger charge is -2.27. The van der Waals surface area contributed by atoms with Gasteiger partial charge >= 0.3 is 0 Å². The maximum Gasteiger partial charge on any atom is 0.155 e. The Hall–Kier alpha value is -1.98. The van der Waals surface area contributed by atoms with Crippen molar-refractivity contribution in [2.45, 2.75) is 96.3 Å². The SMILES string of the molecule is CC(C)(C)ON=O.COc1ccc(Sc2c(Cl)cc(Br)cc2Cl)cc1C1CCC1.COc1ccc(Sc2c(Cl)cc(N)cc2Cl)cc1C1CCC1. The second-order valence-corrected chi connectivity index (χ2v) is 17.8. The quantitative estimate of drug-likeness (QED) is 0.102. The molecule has 2 aliphatic carbocycles. The predicted molar refractivity (Wildman–Crippen MR) is 219 cm³/mol. The highest BCUT2D eigenvalue weighted by atomic mass is 79.9. The highest BCUT2D eigenvalue weighted by Crippen LogP contribution is 2.47. The number of halogens is 5. The second kappa shape index (κ2) is 19.4. The largest absolute Gasteiger partial charge is 0.496 e. The van der Waals surface area contributed by atoms with E-state index in [1.165, 1.54) is 49.7 Å². The van der Waals surface area contributed by atoms with E-state index in [2.05, 4.69) is 44.3 Å². The molecular formula is C38H41BrCl4N2O4S2. The molecule has 0 aliphatic heterocycles. The minimum absolute atomic E-state index is 0.429. The van der Waals surface area contributed by atoms with Gasteiger partial charge in [-0.1, -0.05) is 98.7 Å². The summed E-state index contributed by atoms with van der Waals surface area (Å²) in [6, 6.07) is 19.7. The molecule has 0 saturated heterocycles. The lowest BCUT2D eigenvalue weighted by Crippen LogP contribution is -2.14. The van der Waals surface area contributed by atoms with Crippen molar-refractivity contribution in [2.75, 3.05) is 20.0 Å². The molecule has 0 unspecified atom stereocenters. The normalized spacial score (nSPS) is 14.2. The van der Waals surface area contributed by atoms with E-state index < -0.39 is 5.60 Å². The summed E-state index contributed by atoms with van der Waals surface area (Å²) in [5.74, 6) is 3.16. The Morgan fingerprint density at radius 1 is 0.706 bits per heavy atom. The smallest absolute Gasteiger partial charge is 0.155 e. The van der Waals surface area contributed by atoms with Crippen molar-refractivity contribution in [1.29, 1.82) is 0 Å². The molecule has 274 valence electrons. The number of ether oxygens (including phenoxy) is 2. The average Bonchev–Trinajstić information content (AvgIpc) is 2.99. The van der Waals surface area contributed by atoms with Crippen LogP contribution in [0.4, 0.5) is 5.69 Å². The molecule has 6 nitrogen and oxygen atoms in total. The Morgan fingerprint density at radius 2 is 1.10 bits per heavy atom. The van der Waals surface area contributed by atoms with Crippen molar-refractivity contribution in [2.24, 2.45) is 5.34 Å². The maximum absolute atomic E-state index is 9.35. The van der Waals surface area contributed by atoms with Crippen molar-refractivity contribution in [1.82, 2.24) is 0 Å². The molecule has 2 aliphatic rings. The lowest BCUT2D eigenvalue weighted by molar-refractivity contribution is -0.00230. The molecule has 0 spiro atoms. The van der Waals surface area contributed by atoms with Gasteiger partial charge in [0.1, 0.15) is 17.1 Å². The molecule has 2 N–H and O–H groups in total. The second-order valence-electron chi connectivity index (χ2n) is 13.1. The van der Waals surface area contributed by atoms with Crippen LogP contribution in [-0.4, -0.2) is 19.8 Å². The third-order valence-electron chi connectivity index (χ3n) is 8.23. The summed E-state index contributed by atoms with van der Waals surface area (Å²) in [7, 11) is 3.45. The van der Waals surface area contributed by atoms with Crippen LogP contribution >= 0.6 is 85.9 Å². The Labute approximate surface area is 337 Å². The Bertz CT molecular complexity index is 1650. The lowest BCUT2D eigenvalue weighted by atomic mass is 9.80. The molecule has 51 heavy (non-hydrogen) atoms. The van der Waals surface area contributed by atoms with Crippen molar-refractivity contribution < 1.29 is 14.3 Å². The van der Waals surface area contributed by atoms with Crippen LogP contribution in [0.5, 0.6) is 11.5 Å². The molecule has 0 bridgehead atoms. The summed E-state index contributed by atoms with van der Waals surface area (Å²) in [4.78, 5) is 17.6. The van der Waals surface area contributed by atoms with Gasteiger partial charge in [0.2, 0.25) is 0 Å². The molecule has 0 amide bonds.